The monoisotopic (exact) mass is 465 g/mol. The quantitative estimate of drug-likeness (QED) is 0.145. The van der Waals surface area contributed by atoms with Crippen molar-refractivity contribution < 1.29 is 46.0 Å². The van der Waals surface area contributed by atoms with Crippen molar-refractivity contribution in [2.24, 2.45) is 0 Å². The third kappa shape index (κ3) is 13.1. The number of nitrogens with zero attached hydrogens (tertiary/aromatic N) is 1. The third-order valence-corrected chi connectivity index (χ3v) is 4.92. The number of amides is 1. The molecule has 178 valence electrons. The molecule has 0 fully saturated rings. The molecule has 10 nitrogen and oxygen atoms in total. The van der Waals surface area contributed by atoms with E-state index < -0.39 is 38.5 Å². The largest absolute Gasteiger partial charge is 0.471 e. The van der Waals surface area contributed by atoms with Gasteiger partial charge in [-0.2, -0.15) is 24.1 Å². The van der Waals surface area contributed by atoms with Crippen LogP contribution in [0.25, 0.3) is 0 Å². The molecule has 0 bridgehead atoms. The van der Waals surface area contributed by atoms with Crippen molar-refractivity contribution in [2.45, 2.75) is 45.7 Å². The Labute approximate surface area is 174 Å². The Bertz CT molecular complexity index is 537. The highest BCUT2D eigenvalue weighted by atomic mass is 31.2. The number of esters is 1. The van der Waals surface area contributed by atoms with Crippen LogP contribution in [0, 0.1) is 0 Å². The van der Waals surface area contributed by atoms with Crippen LogP contribution in [0.15, 0.2) is 0 Å². The Morgan fingerprint density at radius 2 is 1.53 bits per heavy atom. The van der Waals surface area contributed by atoms with Crippen LogP contribution in [0.2, 0.25) is 0 Å². The predicted octanol–water partition coefficient (Wildman–Crippen LogP) is 2.36. The molecule has 0 atom stereocenters. The lowest BCUT2D eigenvalue weighted by molar-refractivity contribution is -0.186. The molecule has 0 radical (unpaired) electrons. The maximum Gasteiger partial charge on any atom is 0.471 e. The Balaban J connectivity index is 5.30. The average Bonchev–Trinajstić information content (AvgIpc) is 2.67. The molecule has 0 saturated heterocycles. The lowest BCUT2D eigenvalue weighted by Gasteiger charge is -2.27. The first-order valence-electron chi connectivity index (χ1n) is 9.52. The lowest BCUT2D eigenvalue weighted by Crippen LogP contribution is -2.45. The first kappa shape index (κ1) is 28.8. The number of methoxy groups -OCH3 is 1. The highest BCUT2D eigenvalue weighted by Crippen LogP contribution is 2.47. The van der Waals surface area contributed by atoms with Crippen LogP contribution in [0.5, 0.6) is 0 Å². The molecule has 0 aliphatic heterocycles. The first-order valence-corrected chi connectivity index (χ1v) is 11.2. The number of nitrogens with one attached hydrogen (secondary N) is 2. The summed E-state index contributed by atoms with van der Waals surface area (Å²) < 4.78 is 71.1. The van der Waals surface area contributed by atoms with E-state index in [4.69, 9.17) is 9.25 Å². The molecule has 0 unspecified atom stereocenters. The van der Waals surface area contributed by atoms with Crippen LogP contribution in [0.4, 0.5) is 13.2 Å². The molecule has 0 aliphatic carbocycles. The minimum absolute atomic E-state index is 0.0202. The van der Waals surface area contributed by atoms with Gasteiger partial charge in [0.15, 0.2) is 0 Å². The number of ether oxygens (including phenoxy) is 2. The molecule has 0 aromatic rings. The maximum absolute atomic E-state index is 13.0. The number of carbonyl (C=O) groups is 2. The number of halogens is 3. The van der Waals surface area contributed by atoms with E-state index >= 15 is 0 Å². The van der Waals surface area contributed by atoms with Crippen molar-refractivity contribution in [1.82, 2.24) is 15.9 Å². The fourth-order valence-electron chi connectivity index (χ4n) is 1.88. The summed E-state index contributed by atoms with van der Waals surface area (Å²) in [5, 5.41) is 0. The molecule has 1 amide bonds. The van der Waals surface area contributed by atoms with Gasteiger partial charge < -0.3 is 14.4 Å². The molecule has 0 saturated carbocycles. The van der Waals surface area contributed by atoms with Crippen LogP contribution in [0.3, 0.4) is 0 Å². The number of rotatable bonds is 17. The normalized spacial score (nSPS) is 12.1. The Morgan fingerprint density at radius 3 is 1.97 bits per heavy atom. The molecule has 14 heteroatoms. The van der Waals surface area contributed by atoms with Gasteiger partial charge in [-0.3, -0.25) is 14.2 Å². The fraction of sp³-hybridized carbons (Fsp3) is 0.875. The number of unbranched alkanes of at least 4 members (excludes halogenated alkanes) is 2. The summed E-state index contributed by atoms with van der Waals surface area (Å²) in [6.45, 7) is 3.00. The first-order chi connectivity index (χ1) is 14.1. The van der Waals surface area contributed by atoms with E-state index in [0.717, 1.165) is 12.8 Å². The van der Waals surface area contributed by atoms with Crippen molar-refractivity contribution in [2.75, 3.05) is 46.2 Å². The standard InChI is InChI=1S/C16H31F3N3O7P/c1-4-6-8-20-28-30(25,29-21-9-7-5-2)13-22(15(24)16(17,18)19)12-14(23)27-11-10-26-3/h20-21H,4-13H2,1-3H3. The molecule has 0 aromatic carbocycles. The van der Waals surface area contributed by atoms with Crippen molar-refractivity contribution in [3.05, 3.63) is 0 Å². The van der Waals surface area contributed by atoms with Crippen LogP contribution < -0.4 is 11.0 Å². The Morgan fingerprint density at radius 1 is 1.00 bits per heavy atom. The number of hydroxylamine groups is 2. The van der Waals surface area contributed by atoms with Crippen molar-refractivity contribution in [3.63, 3.8) is 0 Å². The van der Waals surface area contributed by atoms with Crippen molar-refractivity contribution in [3.8, 4) is 0 Å². The summed E-state index contributed by atoms with van der Waals surface area (Å²) in [6, 6.07) is 0. The highest BCUT2D eigenvalue weighted by molar-refractivity contribution is 7.53. The minimum atomic E-state index is -5.30. The van der Waals surface area contributed by atoms with Gasteiger partial charge >= 0.3 is 25.6 Å². The fourth-order valence-corrected chi connectivity index (χ4v) is 3.25. The number of alkyl halides is 3. The predicted molar refractivity (Wildman–Crippen MR) is 101 cm³/mol. The summed E-state index contributed by atoms with van der Waals surface area (Å²) in [5.41, 5.74) is 4.73. The van der Waals surface area contributed by atoms with Gasteiger partial charge in [-0.25, -0.2) is 9.25 Å². The van der Waals surface area contributed by atoms with E-state index in [1.54, 1.807) is 0 Å². The molecular formula is C16H31F3N3O7P. The summed E-state index contributed by atoms with van der Waals surface area (Å²) in [6.07, 6.45) is -3.59. The van der Waals surface area contributed by atoms with Crippen LogP contribution in [-0.2, 0) is 32.9 Å². The average molecular weight is 465 g/mol. The smallest absolute Gasteiger partial charge is 0.462 e. The zero-order chi connectivity index (χ0) is 23.0. The summed E-state index contributed by atoms with van der Waals surface area (Å²) >= 11 is 0. The molecule has 0 spiro atoms. The number of carbonyl (C=O) groups excluding carboxylic acids is 2. The summed E-state index contributed by atoms with van der Waals surface area (Å²) in [5.74, 6) is -3.50. The molecular weight excluding hydrogens is 434 g/mol. The van der Waals surface area contributed by atoms with Crippen molar-refractivity contribution >= 4 is 19.5 Å². The maximum atomic E-state index is 13.0. The second kappa shape index (κ2) is 15.5. The molecule has 2 N–H and O–H groups in total. The molecule has 0 aromatic heterocycles. The van der Waals surface area contributed by atoms with E-state index in [-0.39, 0.29) is 31.2 Å². The topological polar surface area (TPSA) is 115 Å². The minimum Gasteiger partial charge on any atom is -0.462 e. The SMILES string of the molecule is CCCCNOP(=O)(CN(CC(=O)OCCOC)C(=O)C(F)(F)F)ONCCCC. The zero-order valence-electron chi connectivity index (χ0n) is 17.5. The van der Waals surface area contributed by atoms with Gasteiger partial charge in [0.05, 0.1) is 6.61 Å². The van der Waals surface area contributed by atoms with Crippen LogP contribution in [-0.4, -0.2) is 69.2 Å². The van der Waals surface area contributed by atoms with E-state index in [2.05, 4.69) is 20.4 Å². The Kier molecular flexibility index (Phi) is 14.9. The van der Waals surface area contributed by atoms with E-state index in [0.29, 0.717) is 12.8 Å². The van der Waals surface area contributed by atoms with E-state index in [1.165, 1.54) is 7.11 Å². The van der Waals surface area contributed by atoms with Gasteiger partial charge in [0.25, 0.3) is 0 Å². The van der Waals surface area contributed by atoms with E-state index in [9.17, 15) is 27.3 Å². The number of hydrogen-bond acceptors (Lipinski definition) is 9. The second-order valence-electron chi connectivity index (χ2n) is 6.14. The van der Waals surface area contributed by atoms with Gasteiger partial charge in [0, 0.05) is 20.2 Å². The summed E-state index contributed by atoms with van der Waals surface area (Å²) in [7, 11) is -2.97. The van der Waals surface area contributed by atoms with Gasteiger partial charge in [0.1, 0.15) is 19.4 Å². The van der Waals surface area contributed by atoms with Gasteiger partial charge in [-0.05, 0) is 12.8 Å². The lowest BCUT2D eigenvalue weighted by atomic mass is 10.3. The molecule has 0 rings (SSSR count). The molecule has 0 aliphatic rings. The summed E-state index contributed by atoms with van der Waals surface area (Å²) in [4.78, 5) is 23.6. The van der Waals surface area contributed by atoms with Crippen LogP contribution >= 0.6 is 7.60 Å². The highest BCUT2D eigenvalue weighted by Gasteiger charge is 2.46. The Hall–Kier alpha value is -1.24. The van der Waals surface area contributed by atoms with Gasteiger partial charge in [-0.15, -0.1) is 0 Å². The van der Waals surface area contributed by atoms with Gasteiger partial charge in [0.2, 0.25) is 0 Å². The van der Waals surface area contributed by atoms with Gasteiger partial charge in [-0.1, -0.05) is 26.7 Å². The molecule has 0 heterocycles. The third-order valence-electron chi connectivity index (χ3n) is 3.42. The van der Waals surface area contributed by atoms with Crippen LogP contribution in [0.1, 0.15) is 39.5 Å². The van der Waals surface area contributed by atoms with E-state index in [1.807, 2.05) is 13.8 Å². The number of hydrogen-bond donors (Lipinski definition) is 2. The van der Waals surface area contributed by atoms with Crippen molar-refractivity contribution in [1.29, 1.82) is 0 Å². The zero-order valence-corrected chi connectivity index (χ0v) is 18.4. The molecule has 30 heavy (non-hydrogen) atoms. The second-order valence-corrected chi connectivity index (χ2v) is 8.01.